The van der Waals surface area contributed by atoms with Crippen molar-refractivity contribution in [3.63, 3.8) is 0 Å². The number of likely N-dealkylation sites (tertiary alicyclic amines) is 1. The van der Waals surface area contributed by atoms with Crippen LogP contribution in [0, 0.1) is 0 Å². The van der Waals surface area contributed by atoms with Gasteiger partial charge in [-0.2, -0.15) is 0 Å². The van der Waals surface area contributed by atoms with Gasteiger partial charge in [-0.3, -0.25) is 9.69 Å². The topological polar surface area (TPSA) is 55.8 Å². The predicted octanol–water partition coefficient (Wildman–Crippen LogP) is 3.59. The molecule has 1 fully saturated rings. The minimum absolute atomic E-state index is 0.0798. The van der Waals surface area contributed by atoms with Gasteiger partial charge < -0.3 is 9.16 Å². The van der Waals surface area contributed by atoms with Crippen molar-refractivity contribution in [2.75, 3.05) is 13.2 Å². The van der Waals surface area contributed by atoms with Gasteiger partial charge in [0.2, 0.25) is 0 Å². The second-order valence-corrected chi connectivity index (χ2v) is 11.8. The zero-order chi connectivity index (χ0) is 17.0. The van der Waals surface area contributed by atoms with E-state index in [0.29, 0.717) is 13.0 Å². The number of Topliss-reactive ketones (excluding diaryl/α,β-unsaturated/α-hetero) is 1. The Balaban J connectivity index is 2.71. The summed E-state index contributed by atoms with van der Waals surface area (Å²) >= 11 is 0. The van der Waals surface area contributed by atoms with E-state index < -0.39 is 20.0 Å². The van der Waals surface area contributed by atoms with Gasteiger partial charge in [-0.25, -0.2) is 4.79 Å². The highest BCUT2D eigenvalue weighted by Crippen LogP contribution is 2.25. The first-order valence-electron chi connectivity index (χ1n) is 8.31. The third kappa shape index (κ3) is 5.09. The molecule has 0 N–H and O–H groups in total. The summed E-state index contributed by atoms with van der Waals surface area (Å²) in [5.74, 6) is 0.0798. The molecule has 0 aromatic heterocycles. The molecule has 0 aromatic carbocycles. The lowest BCUT2D eigenvalue weighted by molar-refractivity contribution is -0.117. The van der Waals surface area contributed by atoms with Crippen LogP contribution in [0.4, 0.5) is 4.79 Å². The van der Waals surface area contributed by atoms with Gasteiger partial charge in [0.1, 0.15) is 5.60 Å². The van der Waals surface area contributed by atoms with Gasteiger partial charge in [-0.15, -0.1) is 0 Å². The molecule has 0 saturated carbocycles. The van der Waals surface area contributed by atoms with Crippen molar-refractivity contribution < 1.29 is 18.8 Å². The van der Waals surface area contributed by atoms with Crippen LogP contribution in [0.15, 0.2) is 0 Å². The fourth-order valence-corrected chi connectivity index (χ4v) is 5.43. The number of hydrogen-bond donors (Lipinski definition) is 0. The second-order valence-electron chi connectivity index (χ2n) is 7.06. The Kier molecular flexibility index (Phi) is 6.61. The maximum Gasteiger partial charge on any atom is 0.411 e. The lowest BCUT2D eigenvalue weighted by Crippen LogP contribution is -2.45. The van der Waals surface area contributed by atoms with Crippen LogP contribution < -0.4 is 0 Å². The number of amides is 1. The van der Waals surface area contributed by atoms with Crippen molar-refractivity contribution in [3.8, 4) is 0 Å². The number of nitrogens with zero attached hydrogens (tertiary/aromatic N) is 1. The zero-order valence-corrected chi connectivity index (χ0v) is 15.9. The molecule has 128 valence electrons. The zero-order valence-electron chi connectivity index (χ0n) is 14.9. The Hall–Kier alpha value is -0.883. The van der Waals surface area contributed by atoms with E-state index in [1.165, 1.54) is 4.90 Å². The highest BCUT2D eigenvalue weighted by atomic mass is 28.4. The van der Waals surface area contributed by atoms with Gasteiger partial charge >= 0.3 is 6.09 Å². The van der Waals surface area contributed by atoms with Crippen LogP contribution in [-0.2, 0) is 14.0 Å². The van der Waals surface area contributed by atoms with Crippen molar-refractivity contribution in [2.45, 2.75) is 77.7 Å². The molecule has 0 unspecified atom stereocenters. The van der Waals surface area contributed by atoms with E-state index in [2.05, 4.69) is 20.8 Å². The molecular formula is C16H31NO4Si. The Morgan fingerprint density at radius 2 is 1.77 bits per heavy atom. The van der Waals surface area contributed by atoms with Crippen molar-refractivity contribution >= 4 is 20.2 Å². The monoisotopic (exact) mass is 329 g/mol. The SMILES string of the molecule is CC[Si](CC)(CC)OC[C@@H]1CC(=O)CN1C(=O)OC(C)(C)C. The number of carbonyl (C=O) groups is 2. The molecule has 0 aromatic rings. The Labute approximate surface area is 135 Å². The van der Waals surface area contributed by atoms with Gasteiger partial charge in [0.15, 0.2) is 14.1 Å². The van der Waals surface area contributed by atoms with Crippen LogP contribution in [-0.4, -0.2) is 49.9 Å². The van der Waals surface area contributed by atoms with E-state index in [-0.39, 0.29) is 18.4 Å². The van der Waals surface area contributed by atoms with Crippen molar-refractivity contribution in [1.29, 1.82) is 0 Å². The summed E-state index contributed by atoms with van der Waals surface area (Å²) in [5, 5.41) is 0. The van der Waals surface area contributed by atoms with Crippen molar-refractivity contribution in [2.24, 2.45) is 0 Å². The van der Waals surface area contributed by atoms with Gasteiger partial charge in [0.25, 0.3) is 0 Å². The van der Waals surface area contributed by atoms with E-state index in [0.717, 1.165) is 18.1 Å². The molecule has 1 atom stereocenters. The van der Waals surface area contributed by atoms with Crippen LogP contribution >= 0.6 is 0 Å². The summed E-state index contributed by atoms with van der Waals surface area (Å²) in [7, 11) is -1.71. The first kappa shape index (κ1) is 19.2. The number of carbonyl (C=O) groups excluding carboxylic acids is 2. The van der Waals surface area contributed by atoms with Gasteiger partial charge in [0.05, 0.1) is 19.2 Å². The molecule has 1 saturated heterocycles. The lowest BCUT2D eigenvalue weighted by atomic mass is 10.2. The molecule has 5 nitrogen and oxygen atoms in total. The summed E-state index contributed by atoms with van der Waals surface area (Å²) in [6.07, 6.45) is -0.0374. The summed E-state index contributed by atoms with van der Waals surface area (Å²) in [6.45, 7) is 12.6. The molecule has 1 aliphatic heterocycles. The summed E-state index contributed by atoms with van der Waals surface area (Å²) in [5.41, 5.74) is -0.553. The molecule has 1 heterocycles. The maximum atomic E-state index is 12.3. The smallest absolute Gasteiger partial charge is 0.411 e. The third-order valence-electron chi connectivity index (χ3n) is 4.39. The van der Waals surface area contributed by atoms with E-state index in [1.54, 1.807) is 0 Å². The molecule has 0 radical (unpaired) electrons. The first-order chi connectivity index (χ1) is 10.2. The van der Waals surface area contributed by atoms with Crippen LogP contribution in [0.25, 0.3) is 0 Å². The molecule has 1 rings (SSSR count). The van der Waals surface area contributed by atoms with Crippen molar-refractivity contribution in [1.82, 2.24) is 4.90 Å². The average Bonchev–Trinajstić information content (AvgIpc) is 2.80. The summed E-state index contributed by atoms with van der Waals surface area (Å²) in [6, 6.07) is 3.01. The highest BCUT2D eigenvalue weighted by molar-refractivity contribution is 6.73. The van der Waals surface area contributed by atoms with Gasteiger partial charge in [-0.1, -0.05) is 20.8 Å². The van der Waals surface area contributed by atoms with Crippen molar-refractivity contribution in [3.05, 3.63) is 0 Å². The normalized spacial score (nSPS) is 19.6. The van der Waals surface area contributed by atoms with E-state index >= 15 is 0 Å². The molecule has 1 aliphatic rings. The average molecular weight is 330 g/mol. The predicted molar refractivity (Wildman–Crippen MR) is 89.5 cm³/mol. The fraction of sp³-hybridized carbons (Fsp3) is 0.875. The number of rotatable bonds is 6. The molecule has 1 amide bonds. The van der Waals surface area contributed by atoms with Crippen LogP contribution in [0.1, 0.15) is 48.0 Å². The summed E-state index contributed by atoms with van der Waals surface area (Å²) in [4.78, 5) is 25.6. The minimum Gasteiger partial charge on any atom is -0.444 e. The number of ether oxygens (including phenoxy) is 1. The summed E-state index contributed by atoms with van der Waals surface area (Å²) < 4.78 is 11.7. The van der Waals surface area contributed by atoms with Crippen LogP contribution in [0.2, 0.25) is 18.1 Å². The second kappa shape index (κ2) is 7.59. The third-order valence-corrected chi connectivity index (χ3v) is 9.04. The van der Waals surface area contributed by atoms with Crippen LogP contribution in [0.5, 0.6) is 0 Å². The quantitative estimate of drug-likeness (QED) is 0.699. The molecule has 0 spiro atoms. The maximum absolute atomic E-state index is 12.3. The number of ketones is 1. The van der Waals surface area contributed by atoms with E-state index in [9.17, 15) is 9.59 Å². The standard InChI is InChI=1S/C16H31NO4Si/c1-7-22(8-2,9-3)20-12-13-10-14(18)11-17(13)15(19)21-16(4,5)6/h13H,7-12H2,1-6H3/t13-/m0/s1. The Bertz CT molecular complexity index is 393. The molecule has 22 heavy (non-hydrogen) atoms. The van der Waals surface area contributed by atoms with Crippen LogP contribution in [0.3, 0.4) is 0 Å². The van der Waals surface area contributed by atoms with Gasteiger partial charge in [-0.05, 0) is 38.9 Å². The van der Waals surface area contributed by atoms with E-state index in [1.807, 2.05) is 20.8 Å². The molecule has 6 heteroatoms. The Morgan fingerprint density at radius 1 is 1.23 bits per heavy atom. The van der Waals surface area contributed by atoms with Gasteiger partial charge in [0, 0.05) is 6.42 Å². The highest BCUT2D eigenvalue weighted by Gasteiger charge is 2.38. The molecule has 0 aliphatic carbocycles. The first-order valence-corrected chi connectivity index (χ1v) is 10.8. The fourth-order valence-electron chi connectivity index (χ4n) is 2.77. The molecular weight excluding hydrogens is 298 g/mol. The molecule has 0 bridgehead atoms. The Morgan fingerprint density at radius 3 is 2.23 bits per heavy atom. The lowest BCUT2D eigenvalue weighted by Gasteiger charge is -2.32. The van der Waals surface area contributed by atoms with E-state index in [4.69, 9.17) is 9.16 Å². The largest absolute Gasteiger partial charge is 0.444 e. The minimum atomic E-state index is -1.71. The number of hydrogen-bond acceptors (Lipinski definition) is 4.